The van der Waals surface area contributed by atoms with Crippen molar-refractivity contribution >= 4 is 28.7 Å². The van der Waals surface area contributed by atoms with Gasteiger partial charge in [0.15, 0.2) is 5.65 Å². The van der Waals surface area contributed by atoms with Crippen LogP contribution in [0.1, 0.15) is 11.1 Å². The maximum Gasteiger partial charge on any atom is 0.207 e. The number of nitrogens with zero attached hydrogens (tertiary/aromatic N) is 3. The molecule has 0 radical (unpaired) electrons. The van der Waals surface area contributed by atoms with Gasteiger partial charge in [-0.2, -0.15) is 0 Å². The first-order chi connectivity index (χ1) is 9.06. The van der Waals surface area contributed by atoms with E-state index in [0.717, 1.165) is 5.69 Å². The standard InChI is InChI=1S/C14H13ClN4/c1-8-3-4-11(5-9(8)2)19-13-12(18-14(19)16)6-10(15)7-17-13/h3-7H,1-2H3,(H2,16,18). The van der Waals surface area contributed by atoms with Gasteiger partial charge in [0.1, 0.15) is 5.52 Å². The van der Waals surface area contributed by atoms with Gasteiger partial charge in [0.05, 0.1) is 10.7 Å². The van der Waals surface area contributed by atoms with Crippen LogP contribution in [0, 0.1) is 13.8 Å². The van der Waals surface area contributed by atoms with E-state index < -0.39 is 0 Å². The summed E-state index contributed by atoms with van der Waals surface area (Å²) in [6.07, 6.45) is 1.60. The second-order valence-corrected chi connectivity index (χ2v) is 5.01. The SMILES string of the molecule is Cc1ccc(-n2c(N)nc3cc(Cl)cnc32)cc1C. The Kier molecular flexibility index (Phi) is 2.68. The average Bonchev–Trinajstić information content (AvgIpc) is 2.68. The van der Waals surface area contributed by atoms with E-state index >= 15 is 0 Å². The molecule has 2 aromatic heterocycles. The van der Waals surface area contributed by atoms with Crippen LogP contribution in [0.15, 0.2) is 30.5 Å². The summed E-state index contributed by atoms with van der Waals surface area (Å²) < 4.78 is 1.83. The minimum Gasteiger partial charge on any atom is -0.369 e. The van der Waals surface area contributed by atoms with Crippen LogP contribution in [0.4, 0.5) is 5.95 Å². The fourth-order valence-corrected chi connectivity index (χ4v) is 2.23. The lowest BCUT2D eigenvalue weighted by Gasteiger charge is -2.08. The lowest BCUT2D eigenvalue weighted by atomic mass is 10.1. The van der Waals surface area contributed by atoms with Crippen LogP contribution in [-0.2, 0) is 0 Å². The largest absolute Gasteiger partial charge is 0.369 e. The minimum atomic E-state index is 0.410. The first-order valence-electron chi connectivity index (χ1n) is 5.93. The van der Waals surface area contributed by atoms with E-state index in [4.69, 9.17) is 17.3 Å². The molecule has 0 unspecified atom stereocenters. The molecule has 0 aliphatic rings. The molecular formula is C14H13ClN4. The Morgan fingerprint density at radius 2 is 1.95 bits per heavy atom. The molecule has 19 heavy (non-hydrogen) atoms. The number of aromatic nitrogens is 3. The van der Waals surface area contributed by atoms with Crippen molar-refractivity contribution in [3.63, 3.8) is 0 Å². The summed E-state index contributed by atoms with van der Waals surface area (Å²) in [6.45, 7) is 4.14. The van der Waals surface area contributed by atoms with Gasteiger partial charge in [-0.15, -0.1) is 0 Å². The van der Waals surface area contributed by atoms with Gasteiger partial charge in [-0.25, -0.2) is 9.97 Å². The molecule has 3 rings (SSSR count). The molecule has 0 saturated carbocycles. The summed E-state index contributed by atoms with van der Waals surface area (Å²) in [5.74, 6) is 0.410. The minimum absolute atomic E-state index is 0.410. The molecule has 2 N–H and O–H groups in total. The Labute approximate surface area is 115 Å². The van der Waals surface area contributed by atoms with Gasteiger partial charge in [-0.1, -0.05) is 17.7 Å². The number of anilines is 1. The Morgan fingerprint density at radius 3 is 2.68 bits per heavy atom. The number of fused-ring (bicyclic) bond motifs is 1. The highest BCUT2D eigenvalue weighted by atomic mass is 35.5. The zero-order valence-electron chi connectivity index (χ0n) is 10.7. The van der Waals surface area contributed by atoms with Crippen molar-refractivity contribution in [2.24, 2.45) is 0 Å². The lowest BCUT2D eigenvalue weighted by Crippen LogP contribution is -2.02. The van der Waals surface area contributed by atoms with E-state index in [-0.39, 0.29) is 0 Å². The molecule has 0 aliphatic heterocycles. The van der Waals surface area contributed by atoms with Crippen LogP contribution >= 0.6 is 11.6 Å². The summed E-state index contributed by atoms with van der Waals surface area (Å²) in [7, 11) is 0. The van der Waals surface area contributed by atoms with Crippen LogP contribution in [0.2, 0.25) is 5.02 Å². The number of halogens is 1. The molecule has 0 saturated heterocycles. The number of aryl methyl sites for hydroxylation is 2. The Morgan fingerprint density at radius 1 is 1.16 bits per heavy atom. The Balaban J connectivity index is 2.29. The molecule has 4 nitrogen and oxygen atoms in total. The molecule has 0 bridgehead atoms. The Bertz CT molecular complexity index is 776. The summed E-state index contributed by atoms with van der Waals surface area (Å²) in [5, 5.41) is 0.553. The van der Waals surface area contributed by atoms with Gasteiger partial charge >= 0.3 is 0 Å². The monoisotopic (exact) mass is 272 g/mol. The van der Waals surface area contributed by atoms with Crippen molar-refractivity contribution < 1.29 is 0 Å². The van der Waals surface area contributed by atoms with E-state index in [1.807, 2.05) is 10.6 Å². The topological polar surface area (TPSA) is 56.7 Å². The molecule has 0 amide bonds. The van der Waals surface area contributed by atoms with Crippen LogP contribution in [0.5, 0.6) is 0 Å². The van der Waals surface area contributed by atoms with E-state index in [1.165, 1.54) is 11.1 Å². The molecule has 0 aliphatic carbocycles. The third kappa shape index (κ3) is 1.94. The van der Waals surface area contributed by atoms with Gasteiger partial charge in [-0.3, -0.25) is 4.57 Å². The average molecular weight is 273 g/mol. The number of rotatable bonds is 1. The van der Waals surface area contributed by atoms with Crippen molar-refractivity contribution in [1.82, 2.24) is 14.5 Å². The highest BCUT2D eigenvalue weighted by Crippen LogP contribution is 2.24. The van der Waals surface area contributed by atoms with Crippen LogP contribution in [0.25, 0.3) is 16.9 Å². The molecule has 96 valence electrons. The molecule has 2 heterocycles. The maximum atomic E-state index is 5.99. The molecule has 3 aromatic rings. The summed E-state index contributed by atoms with van der Waals surface area (Å²) >= 11 is 5.92. The van der Waals surface area contributed by atoms with Gasteiger partial charge in [0, 0.05) is 6.20 Å². The van der Waals surface area contributed by atoms with Crippen molar-refractivity contribution in [3.05, 3.63) is 46.6 Å². The fraction of sp³-hybridized carbons (Fsp3) is 0.143. The molecule has 5 heteroatoms. The van der Waals surface area contributed by atoms with Crippen LogP contribution in [-0.4, -0.2) is 14.5 Å². The highest BCUT2D eigenvalue weighted by Gasteiger charge is 2.12. The van der Waals surface area contributed by atoms with Crippen molar-refractivity contribution in [3.8, 4) is 5.69 Å². The quantitative estimate of drug-likeness (QED) is 0.740. The third-order valence-corrected chi connectivity index (χ3v) is 3.45. The molecule has 0 atom stereocenters. The summed E-state index contributed by atoms with van der Waals surface area (Å²) in [4.78, 5) is 8.61. The highest BCUT2D eigenvalue weighted by molar-refractivity contribution is 6.31. The number of pyridine rings is 1. The first-order valence-corrected chi connectivity index (χ1v) is 6.31. The van der Waals surface area contributed by atoms with Crippen molar-refractivity contribution in [2.75, 3.05) is 5.73 Å². The zero-order chi connectivity index (χ0) is 13.6. The van der Waals surface area contributed by atoms with Gasteiger partial charge in [0.2, 0.25) is 5.95 Å². The maximum absolute atomic E-state index is 5.99. The summed E-state index contributed by atoms with van der Waals surface area (Å²) in [5.41, 5.74) is 10.8. The number of hydrogen-bond donors (Lipinski definition) is 1. The smallest absolute Gasteiger partial charge is 0.207 e. The first kappa shape index (κ1) is 12.0. The van der Waals surface area contributed by atoms with E-state index in [1.54, 1.807) is 12.3 Å². The third-order valence-electron chi connectivity index (χ3n) is 3.24. The van der Waals surface area contributed by atoms with E-state index in [2.05, 4.69) is 35.9 Å². The zero-order valence-corrected chi connectivity index (χ0v) is 11.4. The van der Waals surface area contributed by atoms with E-state index in [9.17, 15) is 0 Å². The summed E-state index contributed by atoms with van der Waals surface area (Å²) in [6, 6.07) is 7.91. The van der Waals surface area contributed by atoms with Crippen LogP contribution in [0.3, 0.4) is 0 Å². The number of nitrogen functional groups attached to an aromatic ring is 1. The predicted molar refractivity (Wildman–Crippen MR) is 77.8 cm³/mol. The number of benzene rings is 1. The molecular weight excluding hydrogens is 260 g/mol. The number of nitrogens with two attached hydrogens (primary N) is 1. The second kappa shape index (κ2) is 4.24. The van der Waals surface area contributed by atoms with Gasteiger partial charge in [-0.05, 0) is 43.2 Å². The molecule has 0 spiro atoms. The normalized spacial score (nSPS) is 11.1. The molecule has 0 fully saturated rings. The van der Waals surface area contributed by atoms with Gasteiger partial charge < -0.3 is 5.73 Å². The number of hydrogen-bond acceptors (Lipinski definition) is 3. The van der Waals surface area contributed by atoms with Crippen molar-refractivity contribution in [2.45, 2.75) is 13.8 Å². The number of imidazole rings is 1. The van der Waals surface area contributed by atoms with E-state index in [0.29, 0.717) is 22.1 Å². The van der Waals surface area contributed by atoms with Crippen molar-refractivity contribution in [1.29, 1.82) is 0 Å². The second-order valence-electron chi connectivity index (χ2n) is 4.57. The lowest BCUT2D eigenvalue weighted by molar-refractivity contribution is 1.08. The molecule has 1 aromatic carbocycles. The fourth-order valence-electron chi connectivity index (χ4n) is 2.08. The Hall–Kier alpha value is -2.07. The van der Waals surface area contributed by atoms with Gasteiger partial charge in [0.25, 0.3) is 0 Å². The predicted octanol–water partition coefficient (Wildman–Crippen LogP) is 3.27. The van der Waals surface area contributed by atoms with Crippen LogP contribution < -0.4 is 5.73 Å².